The van der Waals surface area contributed by atoms with E-state index in [4.69, 9.17) is 4.74 Å². The number of thiophene rings is 1. The predicted octanol–water partition coefficient (Wildman–Crippen LogP) is 4.57. The highest BCUT2D eigenvalue weighted by atomic mass is 32.1. The van der Waals surface area contributed by atoms with Crippen molar-refractivity contribution in [2.45, 2.75) is 46.4 Å². The fraction of sp³-hybridized carbons (Fsp3) is 0.269. The SMILES string of the molecule is Cc1sc2nc(CCC(=O)NCc3ccccc3COCc3ccccc3)[nH]c(=O)c2c1C. The molecule has 0 aliphatic rings. The summed E-state index contributed by atoms with van der Waals surface area (Å²) < 4.78 is 5.86. The Morgan fingerprint density at radius 1 is 1.03 bits per heavy atom. The number of aromatic amines is 1. The Balaban J connectivity index is 1.30. The molecule has 2 aromatic heterocycles. The van der Waals surface area contributed by atoms with Crippen molar-refractivity contribution in [1.82, 2.24) is 15.3 Å². The van der Waals surface area contributed by atoms with Crippen LogP contribution in [0.25, 0.3) is 10.2 Å². The van der Waals surface area contributed by atoms with Crippen LogP contribution in [0.4, 0.5) is 0 Å². The lowest BCUT2D eigenvalue weighted by atomic mass is 10.1. The van der Waals surface area contributed by atoms with Gasteiger partial charge in [0.25, 0.3) is 5.56 Å². The number of fused-ring (bicyclic) bond motifs is 1. The molecule has 0 spiro atoms. The standard InChI is InChI=1S/C26H27N3O3S/c1-17-18(2)33-26-24(17)25(31)28-22(29-26)12-13-23(30)27-14-20-10-6-7-11-21(20)16-32-15-19-8-4-3-5-9-19/h3-11H,12-16H2,1-2H3,(H,27,30)(H,28,29,31). The summed E-state index contributed by atoms with van der Waals surface area (Å²) in [6.07, 6.45) is 0.638. The predicted molar refractivity (Wildman–Crippen MR) is 131 cm³/mol. The Labute approximate surface area is 196 Å². The van der Waals surface area contributed by atoms with E-state index >= 15 is 0 Å². The molecule has 2 heterocycles. The Morgan fingerprint density at radius 3 is 2.55 bits per heavy atom. The van der Waals surface area contributed by atoms with E-state index in [0.717, 1.165) is 32.0 Å². The molecule has 0 aliphatic heterocycles. The molecule has 0 fully saturated rings. The van der Waals surface area contributed by atoms with E-state index in [1.807, 2.05) is 68.4 Å². The molecule has 170 valence electrons. The van der Waals surface area contributed by atoms with Gasteiger partial charge in [0.05, 0.1) is 18.6 Å². The van der Waals surface area contributed by atoms with Gasteiger partial charge in [0.15, 0.2) is 0 Å². The van der Waals surface area contributed by atoms with Gasteiger partial charge in [0.2, 0.25) is 5.91 Å². The van der Waals surface area contributed by atoms with Gasteiger partial charge in [-0.1, -0.05) is 54.6 Å². The first-order chi connectivity index (χ1) is 16.0. The summed E-state index contributed by atoms with van der Waals surface area (Å²) in [6.45, 7) is 5.36. The van der Waals surface area contributed by atoms with Gasteiger partial charge in [0.1, 0.15) is 10.7 Å². The average Bonchev–Trinajstić information content (AvgIpc) is 3.11. The van der Waals surface area contributed by atoms with E-state index in [0.29, 0.717) is 37.4 Å². The number of ether oxygens (including phenoxy) is 1. The van der Waals surface area contributed by atoms with Gasteiger partial charge in [-0.2, -0.15) is 0 Å². The first-order valence-electron chi connectivity index (χ1n) is 11.0. The van der Waals surface area contributed by atoms with Gasteiger partial charge >= 0.3 is 0 Å². The number of carbonyl (C=O) groups excluding carboxylic acids is 1. The minimum atomic E-state index is -0.137. The number of rotatable bonds is 9. The molecular weight excluding hydrogens is 434 g/mol. The number of nitrogens with one attached hydrogen (secondary N) is 2. The van der Waals surface area contributed by atoms with Gasteiger partial charge in [-0.3, -0.25) is 9.59 Å². The zero-order chi connectivity index (χ0) is 23.2. The number of aromatic nitrogens is 2. The first-order valence-corrected chi connectivity index (χ1v) is 11.8. The fourth-order valence-electron chi connectivity index (χ4n) is 3.66. The number of H-pyrrole nitrogens is 1. The Bertz CT molecular complexity index is 1310. The Morgan fingerprint density at radius 2 is 1.76 bits per heavy atom. The van der Waals surface area contributed by atoms with Gasteiger partial charge in [-0.15, -0.1) is 11.3 Å². The lowest BCUT2D eigenvalue weighted by Crippen LogP contribution is -2.24. The number of aryl methyl sites for hydroxylation is 3. The molecule has 2 N–H and O–H groups in total. The van der Waals surface area contributed by atoms with Crippen molar-refractivity contribution in [3.05, 3.63) is 97.9 Å². The van der Waals surface area contributed by atoms with Crippen LogP contribution in [0, 0.1) is 13.8 Å². The number of hydrogen-bond acceptors (Lipinski definition) is 5. The highest BCUT2D eigenvalue weighted by molar-refractivity contribution is 7.18. The van der Waals surface area contributed by atoms with Gasteiger partial charge in [-0.25, -0.2) is 4.98 Å². The maximum Gasteiger partial charge on any atom is 0.259 e. The number of amides is 1. The van der Waals surface area contributed by atoms with Crippen molar-refractivity contribution in [2.75, 3.05) is 0 Å². The van der Waals surface area contributed by atoms with Crippen molar-refractivity contribution in [3.63, 3.8) is 0 Å². The van der Waals surface area contributed by atoms with E-state index in [2.05, 4.69) is 15.3 Å². The number of hydrogen-bond donors (Lipinski definition) is 2. The van der Waals surface area contributed by atoms with Crippen LogP contribution in [0.1, 0.15) is 39.4 Å². The van der Waals surface area contributed by atoms with Crippen molar-refractivity contribution >= 4 is 27.5 Å². The Kier molecular flexibility index (Phi) is 7.32. The molecule has 0 saturated carbocycles. The quantitative estimate of drug-likeness (QED) is 0.383. The van der Waals surface area contributed by atoms with E-state index in [-0.39, 0.29) is 17.9 Å². The zero-order valence-corrected chi connectivity index (χ0v) is 19.6. The van der Waals surface area contributed by atoms with Crippen molar-refractivity contribution in [1.29, 1.82) is 0 Å². The lowest BCUT2D eigenvalue weighted by molar-refractivity contribution is -0.121. The maximum absolute atomic E-state index is 12.4. The third-order valence-corrected chi connectivity index (χ3v) is 6.74. The summed E-state index contributed by atoms with van der Waals surface area (Å²) in [5, 5.41) is 3.62. The molecule has 0 bridgehead atoms. The molecule has 4 aromatic rings. The smallest absolute Gasteiger partial charge is 0.259 e. The third kappa shape index (κ3) is 5.74. The van der Waals surface area contributed by atoms with Gasteiger partial charge < -0.3 is 15.0 Å². The van der Waals surface area contributed by atoms with E-state index < -0.39 is 0 Å². The molecule has 0 aliphatic carbocycles. The summed E-state index contributed by atoms with van der Waals surface area (Å²) in [6, 6.07) is 18.0. The van der Waals surface area contributed by atoms with E-state index in [1.165, 1.54) is 11.3 Å². The number of nitrogens with zero attached hydrogens (tertiary/aromatic N) is 1. The van der Waals surface area contributed by atoms with E-state index in [1.54, 1.807) is 0 Å². The second-order valence-corrected chi connectivity index (χ2v) is 9.20. The summed E-state index contributed by atoms with van der Waals surface area (Å²) >= 11 is 1.51. The molecule has 0 radical (unpaired) electrons. The van der Waals surface area contributed by atoms with Crippen LogP contribution < -0.4 is 10.9 Å². The molecule has 4 rings (SSSR count). The molecule has 0 atom stereocenters. The topological polar surface area (TPSA) is 84.1 Å². The number of carbonyl (C=O) groups is 1. The van der Waals surface area contributed by atoms with Crippen LogP contribution in [-0.2, 0) is 35.7 Å². The second kappa shape index (κ2) is 10.6. The van der Waals surface area contributed by atoms with Crippen molar-refractivity contribution < 1.29 is 9.53 Å². The highest BCUT2D eigenvalue weighted by Gasteiger charge is 2.13. The van der Waals surface area contributed by atoms with Crippen LogP contribution >= 0.6 is 11.3 Å². The minimum absolute atomic E-state index is 0.0868. The van der Waals surface area contributed by atoms with Crippen LogP contribution in [-0.4, -0.2) is 15.9 Å². The largest absolute Gasteiger partial charge is 0.372 e. The lowest BCUT2D eigenvalue weighted by Gasteiger charge is -2.11. The molecule has 1 amide bonds. The molecule has 33 heavy (non-hydrogen) atoms. The first kappa shape index (κ1) is 22.9. The average molecular weight is 462 g/mol. The summed E-state index contributed by atoms with van der Waals surface area (Å²) in [4.78, 5) is 34.0. The molecule has 6 nitrogen and oxygen atoms in total. The van der Waals surface area contributed by atoms with Crippen molar-refractivity contribution in [2.24, 2.45) is 0 Å². The zero-order valence-electron chi connectivity index (χ0n) is 18.8. The summed E-state index contributed by atoms with van der Waals surface area (Å²) in [7, 11) is 0. The molecule has 2 aromatic carbocycles. The summed E-state index contributed by atoms with van der Waals surface area (Å²) in [5.74, 6) is 0.454. The molecule has 0 saturated heterocycles. The van der Waals surface area contributed by atoms with Gasteiger partial charge in [0, 0.05) is 24.3 Å². The van der Waals surface area contributed by atoms with Crippen LogP contribution in [0.5, 0.6) is 0 Å². The van der Waals surface area contributed by atoms with Crippen LogP contribution in [0.15, 0.2) is 59.4 Å². The Hall–Kier alpha value is -3.29. The van der Waals surface area contributed by atoms with E-state index in [9.17, 15) is 9.59 Å². The number of benzene rings is 2. The molecule has 0 unspecified atom stereocenters. The van der Waals surface area contributed by atoms with Gasteiger partial charge in [-0.05, 0) is 36.1 Å². The second-order valence-electron chi connectivity index (χ2n) is 8.00. The van der Waals surface area contributed by atoms with Crippen LogP contribution in [0.2, 0.25) is 0 Å². The normalized spacial score (nSPS) is 11.1. The minimum Gasteiger partial charge on any atom is -0.372 e. The van der Waals surface area contributed by atoms with Crippen molar-refractivity contribution in [3.8, 4) is 0 Å². The monoisotopic (exact) mass is 461 g/mol. The maximum atomic E-state index is 12.4. The van der Waals surface area contributed by atoms with Crippen LogP contribution in [0.3, 0.4) is 0 Å². The molecule has 7 heteroatoms. The summed E-state index contributed by atoms with van der Waals surface area (Å²) in [5.41, 5.74) is 4.03. The third-order valence-electron chi connectivity index (χ3n) is 5.64. The highest BCUT2D eigenvalue weighted by Crippen LogP contribution is 2.25. The molecular formula is C26H27N3O3S. The fourth-order valence-corrected chi connectivity index (χ4v) is 4.70.